The summed E-state index contributed by atoms with van der Waals surface area (Å²) in [5, 5.41) is 0. The van der Waals surface area contributed by atoms with Crippen LogP contribution in [0.25, 0.3) is 0 Å². The predicted octanol–water partition coefficient (Wildman–Crippen LogP) is 11.1. The molecule has 0 spiro atoms. The van der Waals surface area contributed by atoms with E-state index in [1.54, 1.807) is 0 Å². The van der Waals surface area contributed by atoms with E-state index in [1.807, 2.05) is 12.3 Å². The molecule has 4 aromatic carbocycles. The minimum Gasteiger partial charge on any atom is -0.508 e. The van der Waals surface area contributed by atoms with Crippen molar-refractivity contribution in [1.29, 1.82) is 0 Å². The van der Waals surface area contributed by atoms with Crippen molar-refractivity contribution in [3.8, 4) is 11.5 Å². The molecule has 3 heterocycles. The molecule has 1 aliphatic carbocycles. The van der Waals surface area contributed by atoms with Crippen LogP contribution >= 0.6 is 0 Å². The Labute approximate surface area is 317 Å². The molecule has 0 unspecified atom stereocenters. The first-order chi connectivity index (χ1) is 23.9. The summed E-state index contributed by atoms with van der Waals surface area (Å²) in [7, 11) is 0. The third-order valence-corrected chi connectivity index (χ3v) is 11.4. The number of benzene rings is 4. The van der Waals surface area contributed by atoms with E-state index in [0.717, 1.165) is 53.1 Å². The van der Waals surface area contributed by atoms with Crippen LogP contribution in [0.5, 0.6) is 11.5 Å². The number of pyridine rings is 1. The normalized spacial score (nSPS) is 21.3. The Bertz CT molecular complexity index is 2190. The maximum Gasteiger partial charge on any atom is 2.00 e. The fourth-order valence-corrected chi connectivity index (χ4v) is 8.26. The van der Waals surface area contributed by atoms with Gasteiger partial charge in [-0.1, -0.05) is 107 Å². The Morgan fingerprint density at radius 2 is 1.59 bits per heavy atom. The molecule has 0 amide bonds. The van der Waals surface area contributed by atoms with Crippen LogP contribution in [0.2, 0.25) is 0 Å². The van der Waals surface area contributed by atoms with Gasteiger partial charge in [-0.3, -0.25) is 4.99 Å². The third kappa shape index (κ3) is 5.64. The third-order valence-electron chi connectivity index (χ3n) is 11.4. The Hall–Kier alpha value is -4.21. The monoisotopic (exact) mass is 854 g/mol. The topological polar surface area (TPSA) is 47.0 Å². The van der Waals surface area contributed by atoms with E-state index in [4.69, 9.17) is 19.5 Å². The van der Waals surface area contributed by atoms with Crippen LogP contribution in [-0.2, 0) is 43.2 Å². The van der Waals surface area contributed by atoms with Gasteiger partial charge in [-0.15, -0.1) is 29.3 Å². The fourth-order valence-electron chi connectivity index (χ4n) is 8.26. The summed E-state index contributed by atoms with van der Waals surface area (Å²) in [6.45, 7) is 17.6. The van der Waals surface area contributed by atoms with Gasteiger partial charge in [0.05, 0.1) is 5.54 Å². The molecule has 1 aromatic heterocycles. The maximum absolute atomic E-state index is 6.94. The van der Waals surface area contributed by atoms with Gasteiger partial charge in [0.2, 0.25) is 0 Å². The number of hydrogen-bond donors (Lipinski definition) is 0. The Morgan fingerprint density at radius 1 is 0.843 bits per heavy atom. The zero-order valence-electron chi connectivity index (χ0n) is 30.8. The Kier molecular flexibility index (Phi) is 8.82. The summed E-state index contributed by atoms with van der Waals surface area (Å²) in [6, 6.07) is 35.2. The van der Waals surface area contributed by atoms with Gasteiger partial charge >= 0.3 is 21.1 Å². The molecule has 5 nitrogen and oxygen atoms in total. The average molecular weight is 855 g/mol. The molecule has 2 atom stereocenters. The van der Waals surface area contributed by atoms with Crippen molar-refractivity contribution < 1.29 is 30.5 Å². The molecule has 0 saturated heterocycles. The number of aryl methyl sites for hydroxylation is 3. The minimum absolute atomic E-state index is 0. The summed E-state index contributed by atoms with van der Waals surface area (Å²) in [5.41, 5.74) is 9.94. The van der Waals surface area contributed by atoms with Crippen LogP contribution in [0.1, 0.15) is 105 Å². The van der Waals surface area contributed by atoms with Gasteiger partial charge < -0.3 is 14.4 Å². The molecule has 5 aromatic rings. The number of nitrogens with zero attached hydrogens (tertiary/aromatic N) is 3. The van der Waals surface area contributed by atoms with Crippen molar-refractivity contribution in [2.45, 2.75) is 97.1 Å². The van der Waals surface area contributed by atoms with Crippen molar-refractivity contribution in [2.75, 3.05) is 4.90 Å². The summed E-state index contributed by atoms with van der Waals surface area (Å²) in [4.78, 5) is 12.4. The second kappa shape index (κ2) is 12.8. The predicted molar refractivity (Wildman–Crippen MR) is 202 cm³/mol. The standard InChI is InChI=1S/C45H45N3O2.Pt/c1-28(2)32-21-23-46-41(25-32)48-38-18-12-11-17-36(38)43(5,6)37-20-19-33(26-39(37)48)49-40-27-34(29(3)24-30(40)4)42-47-44(7)22-13-15-31-14-9-10-16-35(31)45(44,8)50-42;/h9-12,14,16-21,23-25,28H,13,15,22H2,1-8H3;/q-2;+2/t44-,45+;/m1./s1. The maximum atomic E-state index is 6.94. The van der Waals surface area contributed by atoms with Gasteiger partial charge in [0.15, 0.2) is 0 Å². The first-order valence-corrected chi connectivity index (χ1v) is 17.9. The summed E-state index contributed by atoms with van der Waals surface area (Å²) in [6.07, 6.45) is 4.97. The fraction of sp³-hybridized carbons (Fsp3) is 0.333. The molecule has 0 bridgehead atoms. The van der Waals surface area contributed by atoms with E-state index in [2.05, 4.69) is 145 Å². The molecular weight excluding hydrogens is 810 g/mol. The number of rotatable bonds is 5. The smallest absolute Gasteiger partial charge is 0.508 e. The van der Waals surface area contributed by atoms with Gasteiger partial charge in [-0.25, -0.2) is 4.98 Å². The molecule has 0 N–H and O–H groups in total. The van der Waals surface area contributed by atoms with E-state index in [9.17, 15) is 0 Å². The van der Waals surface area contributed by atoms with E-state index >= 15 is 0 Å². The average Bonchev–Trinajstić information content (AvgIpc) is 3.30. The van der Waals surface area contributed by atoms with Crippen LogP contribution < -0.4 is 9.64 Å². The van der Waals surface area contributed by atoms with Crippen LogP contribution in [0.15, 0.2) is 90.1 Å². The van der Waals surface area contributed by atoms with Gasteiger partial charge in [0.25, 0.3) is 0 Å². The molecule has 3 aliphatic rings. The number of anilines is 3. The SMILES string of the molecule is Cc1cc(C)c(C2=N[C@]3(C)CCCc4ccccc4[C@]3(C)O2)[c-]c1Oc1[c-]c2c(cc1)C(C)(C)c1ccccc1N2c1cc(C(C)C)ccn1.[Pt+2]. The van der Waals surface area contributed by atoms with Crippen LogP contribution in [-0.4, -0.2) is 16.4 Å². The van der Waals surface area contributed by atoms with E-state index in [0.29, 0.717) is 23.3 Å². The van der Waals surface area contributed by atoms with Gasteiger partial charge in [0, 0.05) is 23.4 Å². The van der Waals surface area contributed by atoms with Crippen LogP contribution in [0.3, 0.4) is 0 Å². The molecule has 6 heteroatoms. The second-order valence-electron chi connectivity index (χ2n) is 15.4. The van der Waals surface area contributed by atoms with Crippen LogP contribution in [0.4, 0.5) is 17.2 Å². The summed E-state index contributed by atoms with van der Waals surface area (Å²) >= 11 is 0. The largest absolute Gasteiger partial charge is 2.00 e. The molecule has 262 valence electrons. The Balaban J connectivity index is 0.00000406. The van der Waals surface area contributed by atoms with E-state index in [1.165, 1.54) is 27.8 Å². The Morgan fingerprint density at radius 3 is 2.37 bits per heavy atom. The zero-order valence-corrected chi connectivity index (χ0v) is 33.0. The zero-order chi connectivity index (χ0) is 35.0. The van der Waals surface area contributed by atoms with E-state index in [-0.39, 0.29) is 32.0 Å². The van der Waals surface area contributed by atoms with Gasteiger partial charge in [-0.05, 0) is 84.9 Å². The molecule has 8 rings (SSSR count). The number of hydrogen-bond acceptors (Lipinski definition) is 5. The van der Waals surface area contributed by atoms with E-state index < -0.39 is 5.60 Å². The number of ether oxygens (including phenoxy) is 2. The number of fused-ring (bicyclic) bond motifs is 5. The number of aliphatic imine (C=N–C) groups is 1. The number of para-hydroxylation sites is 1. The van der Waals surface area contributed by atoms with Crippen molar-refractivity contribution in [3.63, 3.8) is 0 Å². The first kappa shape index (κ1) is 35.2. The molecule has 0 radical (unpaired) electrons. The van der Waals surface area contributed by atoms with Crippen molar-refractivity contribution in [1.82, 2.24) is 4.98 Å². The van der Waals surface area contributed by atoms with Crippen molar-refractivity contribution >= 4 is 23.1 Å². The number of aromatic nitrogens is 1. The van der Waals surface area contributed by atoms with Crippen LogP contribution in [0, 0.1) is 26.0 Å². The summed E-state index contributed by atoms with van der Waals surface area (Å²) < 4.78 is 13.6. The minimum atomic E-state index is -0.568. The molecular formula is C45H45N3O2Pt. The second-order valence-corrected chi connectivity index (χ2v) is 15.4. The molecule has 0 saturated carbocycles. The molecule has 0 fully saturated rings. The van der Waals surface area contributed by atoms with Crippen molar-refractivity contribution in [2.24, 2.45) is 4.99 Å². The quantitative estimate of drug-likeness (QED) is 0.165. The molecule has 51 heavy (non-hydrogen) atoms. The van der Waals surface area contributed by atoms with Crippen molar-refractivity contribution in [3.05, 3.63) is 142 Å². The van der Waals surface area contributed by atoms with Gasteiger partial charge in [0.1, 0.15) is 17.3 Å². The summed E-state index contributed by atoms with van der Waals surface area (Å²) in [5.74, 6) is 3.13. The van der Waals surface area contributed by atoms with Gasteiger partial charge in [-0.2, -0.15) is 6.07 Å². The first-order valence-electron chi connectivity index (χ1n) is 17.9. The molecule has 2 aliphatic heterocycles.